The smallest absolute Gasteiger partial charge is 0.0150 e. The lowest BCUT2D eigenvalue weighted by molar-refractivity contribution is 0.186. The summed E-state index contributed by atoms with van der Waals surface area (Å²) in [6.07, 6.45) is 2.23. The number of nitrogens with zero attached hydrogens (tertiary/aromatic N) is 1. The molecule has 59 valence electrons. The van der Waals surface area contributed by atoms with E-state index in [2.05, 4.69) is 18.7 Å². The van der Waals surface area contributed by atoms with Crippen LogP contribution < -0.4 is 5.73 Å². The highest BCUT2D eigenvalue weighted by molar-refractivity contribution is 4.85. The molecule has 2 nitrogen and oxygen atoms in total. The molecule has 0 unspecified atom stereocenters. The van der Waals surface area contributed by atoms with Crippen LogP contribution in [0.5, 0.6) is 0 Å². The molecule has 2 N–H and O–H groups in total. The fourth-order valence-electron chi connectivity index (χ4n) is 1.29. The second kappa shape index (κ2) is 2.89. The summed E-state index contributed by atoms with van der Waals surface area (Å²) >= 11 is 0. The standard InChI is InChI=1S/C8H17N2/c1-3-10-6-4-8(2,9)5-7-10/h1,3-7,9H2,2H3. The average molecular weight is 141 g/mol. The normalized spacial score (nSPS) is 26.7. The second-order valence-corrected chi connectivity index (χ2v) is 3.50. The molecule has 1 fully saturated rings. The summed E-state index contributed by atoms with van der Waals surface area (Å²) in [6, 6.07) is 0. The molecule has 0 atom stereocenters. The Morgan fingerprint density at radius 2 is 2.00 bits per heavy atom. The van der Waals surface area contributed by atoms with Crippen LogP contribution in [0.15, 0.2) is 0 Å². The first-order valence-corrected chi connectivity index (χ1v) is 3.94. The molecule has 0 aliphatic carbocycles. The first kappa shape index (κ1) is 8.02. The van der Waals surface area contributed by atoms with E-state index in [0.717, 1.165) is 32.5 Å². The third-order valence-electron chi connectivity index (χ3n) is 2.31. The summed E-state index contributed by atoms with van der Waals surface area (Å²) in [5.41, 5.74) is 6.04. The highest BCUT2D eigenvalue weighted by atomic mass is 15.1. The van der Waals surface area contributed by atoms with Crippen molar-refractivity contribution in [3.8, 4) is 0 Å². The number of likely N-dealkylation sites (tertiary alicyclic amines) is 1. The molecule has 0 aromatic carbocycles. The number of hydrogen-bond acceptors (Lipinski definition) is 2. The molecule has 0 amide bonds. The fraction of sp³-hybridized carbons (Fsp3) is 0.875. The number of nitrogens with two attached hydrogens (primary N) is 1. The lowest BCUT2D eigenvalue weighted by atomic mass is 9.91. The predicted molar refractivity (Wildman–Crippen MR) is 43.6 cm³/mol. The van der Waals surface area contributed by atoms with Crippen LogP contribution in [-0.4, -0.2) is 30.1 Å². The molecule has 1 radical (unpaired) electrons. The van der Waals surface area contributed by atoms with Crippen molar-refractivity contribution < 1.29 is 0 Å². The van der Waals surface area contributed by atoms with E-state index >= 15 is 0 Å². The van der Waals surface area contributed by atoms with Gasteiger partial charge in [0.2, 0.25) is 0 Å². The zero-order chi connectivity index (χ0) is 7.61. The monoisotopic (exact) mass is 141 g/mol. The zero-order valence-corrected chi connectivity index (χ0v) is 6.77. The summed E-state index contributed by atoms with van der Waals surface area (Å²) in [5.74, 6) is 0. The van der Waals surface area contributed by atoms with E-state index in [1.54, 1.807) is 0 Å². The van der Waals surface area contributed by atoms with Gasteiger partial charge in [0.05, 0.1) is 0 Å². The van der Waals surface area contributed by atoms with Gasteiger partial charge >= 0.3 is 0 Å². The van der Waals surface area contributed by atoms with E-state index in [1.165, 1.54) is 0 Å². The van der Waals surface area contributed by atoms with Gasteiger partial charge in [-0.3, -0.25) is 0 Å². The molecule has 1 aliphatic rings. The van der Waals surface area contributed by atoms with Crippen LogP contribution in [0.3, 0.4) is 0 Å². The Bertz CT molecular complexity index is 99.8. The zero-order valence-electron chi connectivity index (χ0n) is 6.77. The highest BCUT2D eigenvalue weighted by Crippen LogP contribution is 2.17. The summed E-state index contributed by atoms with van der Waals surface area (Å²) in [4.78, 5) is 2.34. The summed E-state index contributed by atoms with van der Waals surface area (Å²) in [7, 11) is 0. The molecule has 0 aromatic rings. The van der Waals surface area contributed by atoms with Crippen molar-refractivity contribution in [2.75, 3.05) is 19.6 Å². The van der Waals surface area contributed by atoms with Crippen LogP contribution in [0, 0.1) is 6.92 Å². The maximum absolute atomic E-state index is 5.95. The van der Waals surface area contributed by atoms with E-state index in [0.29, 0.717) is 0 Å². The second-order valence-electron chi connectivity index (χ2n) is 3.50. The quantitative estimate of drug-likeness (QED) is 0.580. The van der Waals surface area contributed by atoms with E-state index in [9.17, 15) is 0 Å². The van der Waals surface area contributed by atoms with Crippen LogP contribution in [0.2, 0.25) is 0 Å². The van der Waals surface area contributed by atoms with E-state index in [-0.39, 0.29) is 5.54 Å². The summed E-state index contributed by atoms with van der Waals surface area (Å²) in [5, 5.41) is 0. The van der Waals surface area contributed by atoms with Gasteiger partial charge in [0, 0.05) is 5.54 Å². The molecule has 0 spiro atoms. The average Bonchev–Trinajstić information content (AvgIpc) is 1.88. The van der Waals surface area contributed by atoms with Gasteiger partial charge in [-0.2, -0.15) is 0 Å². The third-order valence-corrected chi connectivity index (χ3v) is 2.31. The Morgan fingerprint density at radius 1 is 1.50 bits per heavy atom. The van der Waals surface area contributed by atoms with Crippen molar-refractivity contribution in [1.29, 1.82) is 0 Å². The highest BCUT2D eigenvalue weighted by Gasteiger charge is 2.24. The Morgan fingerprint density at radius 3 is 2.40 bits per heavy atom. The van der Waals surface area contributed by atoms with Gasteiger partial charge in [-0.1, -0.05) is 0 Å². The summed E-state index contributed by atoms with van der Waals surface area (Å²) in [6.45, 7) is 9.14. The minimum Gasteiger partial charge on any atom is -0.325 e. The Hall–Kier alpha value is -0.0800. The van der Waals surface area contributed by atoms with Crippen molar-refractivity contribution in [2.24, 2.45) is 5.73 Å². The fourth-order valence-corrected chi connectivity index (χ4v) is 1.29. The molecule has 2 heteroatoms. The Kier molecular flexibility index (Phi) is 2.32. The van der Waals surface area contributed by atoms with Gasteiger partial charge in [0.25, 0.3) is 0 Å². The lowest BCUT2D eigenvalue weighted by Gasteiger charge is -2.36. The molecule has 1 aliphatic heterocycles. The molecule has 0 bridgehead atoms. The first-order chi connectivity index (χ1) is 4.64. The SMILES string of the molecule is [CH2]CN1CCC(C)(N)CC1. The van der Waals surface area contributed by atoms with Crippen molar-refractivity contribution in [3.05, 3.63) is 6.92 Å². The van der Waals surface area contributed by atoms with Gasteiger partial charge in [0.1, 0.15) is 0 Å². The predicted octanol–water partition coefficient (Wildman–Crippen LogP) is 0.634. The molecular formula is C8H17N2. The van der Waals surface area contributed by atoms with Gasteiger partial charge in [-0.15, -0.1) is 0 Å². The van der Waals surface area contributed by atoms with Gasteiger partial charge in [-0.25, -0.2) is 0 Å². The number of hydrogen-bond donors (Lipinski definition) is 1. The molecule has 1 saturated heterocycles. The largest absolute Gasteiger partial charge is 0.325 e. The molecule has 0 aromatic heterocycles. The van der Waals surface area contributed by atoms with Gasteiger partial charge in [0.15, 0.2) is 0 Å². The molecule has 1 heterocycles. The molecule has 10 heavy (non-hydrogen) atoms. The van der Waals surface area contributed by atoms with Crippen LogP contribution in [-0.2, 0) is 0 Å². The molecule has 0 saturated carbocycles. The van der Waals surface area contributed by atoms with Crippen LogP contribution in [0.4, 0.5) is 0 Å². The van der Waals surface area contributed by atoms with Crippen molar-refractivity contribution in [3.63, 3.8) is 0 Å². The minimum absolute atomic E-state index is 0.0890. The topological polar surface area (TPSA) is 29.3 Å². The first-order valence-electron chi connectivity index (χ1n) is 3.94. The maximum atomic E-state index is 5.95. The maximum Gasteiger partial charge on any atom is 0.0150 e. The minimum atomic E-state index is 0.0890. The number of piperidine rings is 1. The van der Waals surface area contributed by atoms with Crippen molar-refractivity contribution in [1.82, 2.24) is 4.90 Å². The van der Waals surface area contributed by atoms with Gasteiger partial charge in [-0.05, 0) is 46.3 Å². The van der Waals surface area contributed by atoms with E-state index in [1.807, 2.05) is 0 Å². The van der Waals surface area contributed by atoms with Crippen LogP contribution in [0.25, 0.3) is 0 Å². The lowest BCUT2D eigenvalue weighted by Crippen LogP contribution is -2.48. The van der Waals surface area contributed by atoms with Crippen LogP contribution >= 0.6 is 0 Å². The Balaban J connectivity index is 2.31. The van der Waals surface area contributed by atoms with Crippen molar-refractivity contribution in [2.45, 2.75) is 25.3 Å². The molecular weight excluding hydrogens is 124 g/mol. The van der Waals surface area contributed by atoms with Crippen LogP contribution in [0.1, 0.15) is 19.8 Å². The third kappa shape index (κ3) is 1.96. The summed E-state index contributed by atoms with van der Waals surface area (Å²) < 4.78 is 0. The van der Waals surface area contributed by atoms with Gasteiger partial charge < -0.3 is 10.6 Å². The van der Waals surface area contributed by atoms with E-state index < -0.39 is 0 Å². The molecule has 1 rings (SSSR count). The van der Waals surface area contributed by atoms with E-state index in [4.69, 9.17) is 5.73 Å². The number of rotatable bonds is 1. The van der Waals surface area contributed by atoms with Crippen molar-refractivity contribution >= 4 is 0 Å². The Labute approximate surface area is 63.4 Å².